The van der Waals surface area contributed by atoms with E-state index >= 15 is 0 Å². The van der Waals surface area contributed by atoms with Crippen LogP contribution in [0.25, 0.3) is 0 Å². The SMILES string of the molecule is C=CCNc1nc(C(=O)OC(C)C(=O)Nc2ccc(F)c(F)c2F)cs1. The van der Waals surface area contributed by atoms with Gasteiger partial charge in [0.05, 0.1) is 5.69 Å². The van der Waals surface area contributed by atoms with E-state index in [1.165, 1.54) is 12.3 Å². The highest BCUT2D eigenvalue weighted by Crippen LogP contribution is 2.20. The number of thiazole rings is 1. The molecule has 0 radical (unpaired) electrons. The number of benzene rings is 1. The Morgan fingerprint density at radius 2 is 2.08 bits per heavy atom. The molecule has 0 aliphatic carbocycles. The number of rotatable bonds is 7. The van der Waals surface area contributed by atoms with Crippen molar-refractivity contribution < 1.29 is 27.5 Å². The summed E-state index contributed by atoms with van der Waals surface area (Å²) in [6.07, 6.45) is 0.296. The second-order valence-electron chi connectivity index (χ2n) is 4.97. The van der Waals surface area contributed by atoms with Crippen molar-refractivity contribution in [2.45, 2.75) is 13.0 Å². The van der Waals surface area contributed by atoms with E-state index in [0.29, 0.717) is 17.7 Å². The zero-order chi connectivity index (χ0) is 19.3. The molecular formula is C16H14F3N3O3S. The van der Waals surface area contributed by atoms with Gasteiger partial charge in [0.1, 0.15) is 0 Å². The molecule has 1 unspecified atom stereocenters. The summed E-state index contributed by atoms with van der Waals surface area (Å²) in [7, 11) is 0. The molecule has 0 aliphatic heterocycles. The summed E-state index contributed by atoms with van der Waals surface area (Å²) >= 11 is 1.16. The van der Waals surface area contributed by atoms with Crippen LogP contribution in [0.3, 0.4) is 0 Å². The van der Waals surface area contributed by atoms with Gasteiger partial charge in [-0.25, -0.2) is 22.9 Å². The van der Waals surface area contributed by atoms with Crippen molar-refractivity contribution >= 4 is 34.0 Å². The highest BCUT2D eigenvalue weighted by atomic mass is 32.1. The Balaban J connectivity index is 1.98. The first-order valence-corrected chi connectivity index (χ1v) is 8.17. The number of hydrogen-bond donors (Lipinski definition) is 2. The molecule has 0 bridgehead atoms. The average molecular weight is 385 g/mol. The summed E-state index contributed by atoms with van der Waals surface area (Å²) in [5, 5.41) is 6.83. The van der Waals surface area contributed by atoms with Gasteiger partial charge in [-0.3, -0.25) is 4.79 Å². The molecular weight excluding hydrogens is 371 g/mol. The number of ether oxygens (including phenoxy) is 1. The molecule has 0 fully saturated rings. The van der Waals surface area contributed by atoms with Crippen LogP contribution in [0.4, 0.5) is 24.0 Å². The van der Waals surface area contributed by atoms with E-state index in [9.17, 15) is 22.8 Å². The largest absolute Gasteiger partial charge is 0.448 e. The fourth-order valence-corrected chi connectivity index (χ4v) is 2.43. The van der Waals surface area contributed by atoms with Crippen molar-refractivity contribution in [1.82, 2.24) is 4.98 Å². The number of anilines is 2. The van der Waals surface area contributed by atoms with Gasteiger partial charge in [-0.15, -0.1) is 17.9 Å². The van der Waals surface area contributed by atoms with Crippen molar-refractivity contribution in [1.29, 1.82) is 0 Å². The zero-order valence-electron chi connectivity index (χ0n) is 13.5. The van der Waals surface area contributed by atoms with Crippen LogP contribution in [0.2, 0.25) is 0 Å². The summed E-state index contributed by atoms with van der Waals surface area (Å²) in [5.41, 5.74) is -0.582. The van der Waals surface area contributed by atoms with E-state index in [1.54, 1.807) is 6.08 Å². The summed E-state index contributed by atoms with van der Waals surface area (Å²) in [6.45, 7) is 5.24. The first kappa shape index (κ1) is 19.4. The summed E-state index contributed by atoms with van der Waals surface area (Å²) in [6, 6.07) is 1.52. The van der Waals surface area contributed by atoms with Gasteiger partial charge < -0.3 is 15.4 Å². The number of amides is 1. The molecule has 1 amide bonds. The van der Waals surface area contributed by atoms with E-state index in [-0.39, 0.29) is 5.69 Å². The number of carbonyl (C=O) groups is 2. The maximum atomic E-state index is 13.6. The van der Waals surface area contributed by atoms with Crippen molar-refractivity contribution in [3.63, 3.8) is 0 Å². The quantitative estimate of drug-likeness (QED) is 0.434. The molecule has 1 aromatic carbocycles. The fourth-order valence-electron chi connectivity index (χ4n) is 1.74. The normalized spacial score (nSPS) is 11.5. The third kappa shape index (κ3) is 4.60. The lowest BCUT2D eigenvalue weighted by Gasteiger charge is -2.13. The van der Waals surface area contributed by atoms with Crippen LogP contribution in [0.5, 0.6) is 0 Å². The van der Waals surface area contributed by atoms with Crippen LogP contribution >= 0.6 is 11.3 Å². The van der Waals surface area contributed by atoms with E-state index in [0.717, 1.165) is 17.4 Å². The first-order valence-electron chi connectivity index (χ1n) is 7.29. The van der Waals surface area contributed by atoms with Gasteiger partial charge in [-0.2, -0.15) is 0 Å². The average Bonchev–Trinajstić information content (AvgIpc) is 3.09. The molecule has 0 aliphatic rings. The minimum Gasteiger partial charge on any atom is -0.448 e. The fraction of sp³-hybridized carbons (Fsp3) is 0.188. The summed E-state index contributed by atoms with van der Waals surface area (Å²) in [5.74, 6) is -6.42. The van der Waals surface area contributed by atoms with Crippen LogP contribution in [0.15, 0.2) is 30.2 Å². The topological polar surface area (TPSA) is 80.3 Å². The van der Waals surface area contributed by atoms with Gasteiger partial charge in [0.25, 0.3) is 5.91 Å². The smallest absolute Gasteiger partial charge is 0.358 e. The summed E-state index contributed by atoms with van der Waals surface area (Å²) in [4.78, 5) is 27.9. The van der Waals surface area contributed by atoms with E-state index < -0.39 is 41.1 Å². The number of halogens is 3. The molecule has 0 saturated carbocycles. The van der Waals surface area contributed by atoms with Gasteiger partial charge in [0.15, 0.2) is 34.4 Å². The Bertz CT molecular complexity index is 841. The van der Waals surface area contributed by atoms with Crippen molar-refractivity contribution in [3.05, 3.63) is 53.3 Å². The second kappa shape index (κ2) is 8.48. The maximum Gasteiger partial charge on any atom is 0.358 e. The van der Waals surface area contributed by atoms with Crippen LogP contribution in [-0.2, 0) is 9.53 Å². The number of hydrogen-bond acceptors (Lipinski definition) is 6. The molecule has 26 heavy (non-hydrogen) atoms. The second-order valence-corrected chi connectivity index (χ2v) is 5.83. The molecule has 0 saturated heterocycles. The number of nitrogens with zero attached hydrogens (tertiary/aromatic N) is 1. The van der Waals surface area contributed by atoms with E-state index in [1.807, 2.05) is 5.32 Å². The molecule has 1 atom stereocenters. The molecule has 1 heterocycles. The Morgan fingerprint density at radius 1 is 1.35 bits per heavy atom. The first-order chi connectivity index (χ1) is 12.3. The molecule has 0 spiro atoms. The Hall–Kier alpha value is -2.88. The van der Waals surface area contributed by atoms with Gasteiger partial charge in [0.2, 0.25) is 0 Å². The third-order valence-electron chi connectivity index (χ3n) is 3.06. The van der Waals surface area contributed by atoms with E-state index in [4.69, 9.17) is 4.74 Å². The maximum absolute atomic E-state index is 13.6. The molecule has 6 nitrogen and oxygen atoms in total. The molecule has 2 N–H and O–H groups in total. The lowest BCUT2D eigenvalue weighted by molar-refractivity contribution is -0.123. The molecule has 138 valence electrons. The standard InChI is InChI=1S/C16H14F3N3O3S/c1-3-6-20-16-22-11(7-26-16)15(24)25-8(2)14(23)21-10-5-4-9(17)12(18)13(10)19/h3-5,7-8H,1,6H2,2H3,(H,20,22)(H,21,23). The van der Waals surface area contributed by atoms with Gasteiger partial charge in [-0.1, -0.05) is 6.08 Å². The molecule has 10 heteroatoms. The van der Waals surface area contributed by atoms with Crippen LogP contribution < -0.4 is 10.6 Å². The molecule has 1 aromatic heterocycles. The lowest BCUT2D eigenvalue weighted by atomic mass is 10.2. The van der Waals surface area contributed by atoms with Crippen molar-refractivity contribution in [2.24, 2.45) is 0 Å². The summed E-state index contributed by atoms with van der Waals surface area (Å²) < 4.78 is 44.5. The zero-order valence-corrected chi connectivity index (χ0v) is 14.3. The Kier molecular flexibility index (Phi) is 6.34. The van der Waals surface area contributed by atoms with Crippen LogP contribution in [-0.4, -0.2) is 29.5 Å². The number of aromatic nitrogens is 1. The van der Waals surface area contributed by atoms with Crippen LogP contribution in [0.1, 0.15) is 17.4 Å². The predicted octanol–water partition coefficient (Wildman–Crippen LogP) is 3.34. The minimum atomic E-state index is -1.71. The van der Waals surface area contributed by atoms with E-state index in [2.05, 4.69) is 16.9 Å². The number of nitrogens with one attached hydrogen (secondary N) is 2. The Morgan fingerprint density at radius 3 is 2.77 bits per heavy atom. The Labute approximate surface area is 150 Å². The van der Waals surface area contributed by atoms with Gasteiger partial charge in [0, 0.05) is 11.9 Å². The molecule has 2 rings (SSSR count). The molecule has 2 aromatic rings. The number of carbonyl (C=O) groups excluding carboxylic acids is 2. The highest BCUT2D eigenvalue weighted by molar-refractivity contribution is 7.13. The van der Waals surface area contributed by atoms with Gasteiger partial charge in [-0.05, 0) is 19.1 Å². The van der Waals surface area contributed by atoms with Crippen LogP contribution in [0, 0.1) is 17.5 Å². The third-order valence-corrected chi connectivity index (χ3v) is 3.86. The van der Waals surface area contributed by atoms with Gasteiger partial charge >= 0.3 is 5.97 Å². The monoisotopic (exact) mass is 385 g/mol. The lowest BCUT2D eigenvalue weighted by Crippen LogP contribution is -2.30. The van der Waals surface area contributed by atoms with Crippen molar-refractivity contribution in [2.75, 3.05) is 17.2 Å². The van der Waals surface area contributed by atoms with Crippen molar-refractivity contribution in [3.8, 4) is 0 Å². The highest BCUT2D eigenvalue weighted by Gasteiger charge is 2.23. The number of esters is 1. The minimum absolute atomic E-state index is 0.0137. The predicted molar refractivity (Wildman–Crippen MR) is 90.6 cm³/mol.